The van der Waals surface area contributed by atoms with Crippen molar-refractivity contribution in [2.24, 2.45) is 11.8 Å². The number of fused-ring (bicyclic) bond motifs is 1. The van der Waals surface area contributed by atoms with Gasteiger partial charge < -0.3 is 9.64 Å². The third-order valence-electron chi connectivity index (χ3n) is 5.25. The van der Waals surface area contributed by atoms with E-state index in [1.807, 2.05) is 24.2 Å². The van der Waals surface area contributed by atoms with Crippen molar-refractivity contribution in [2.75, 3.05) is 27.7 Å². The molecule has 0 bridgehead atoms. The maximum atomic E-state index is 11.9. The molecule has 3 atom stereocenters. The van der Waals surface area contributed by atoms with Crippen LogP contribution in [-0.4, -0.2) is 54.5 Å². The number of nitrogens with zero attached hydrogens (tertiary/aromatic N) is 3. The number of ether oxygens (including phenoxy) is 1. The molecule has 0 unspecified atom stereocenters. The van der Waals surface area contributed by atoms with Crippen molar-refractivity contribution < 1.29 is 9.53 Å². The molecule has 22 heavy (non-hydrogen) atoms. The fourth-order valence-electron chi connectivity index (χ4n) is 3.93. The maximum Gasteiger partial charge on any atom is 0.222 e. The first kappa shape index (κ1) is 15.3. The fourth-order valence-corrected chi connectivity index (χ4v) is 3.93. The van der Waals surface area contributed by atoms with Crippen LogP contribution in [0.2, 0.25) is 0 Å². The van der Waals surface area contributed by atoms with Crippen molar-refractivity contribution in [3.63, 3.8) is 0 Å². The molecule has 5 heteroatoms. The molecule has 2 heterocycles. The van der Waals surface area contributed by atoms with Crippen LogP contribution in [-0.2, 0) is 11.3 Å². The standard InChI is InChI=1S/C17H25N3O2/c1-19(10-12-4-16(22-3)9-18-8-12)15-5-13-7-17(21)20(2)11-14(13)6-15/h4,8-9,13-15H,5-7,10-11H2,1-3H3/t13-,14+,15-/m0/s1. The van der Waals surface area contributed by atoms with Crippen LogP contribution in [0.3, 0.4) is 0 Å². The van der Waals surface area contributed by atoms with Gasteiger partial charge in [-0.15, -0.1) is 0 Å². The molecule has 1 aromatic heterocycles. The van der Waals surface area contributed by atoms with Gasteiger partial charge in [0.15, 0.2) is 0 Å². The van der Waals surface area contributed by atoms with Crippen molar-refractivity contribution in [1.82, 2.24) is 14.8 Å². The van der Waals surface area contributed by atoms with E-state index in [1.165, 1.54) is 12.0 Å². The Morgan fingerprint density at radius 3 is 2.91 bits per heavy atom. The summed E-state index contributed by atoms with van der Waals surface area (Å²) in [7, 11) is 5.77. The molecule has 1 aliphatic heterocycles. The van der Waals surface area contributed by atoms with E-state index in [1.54, 1.807) is 13.3 Å². The lowest BCUT2D eigenvalue weighted by molar-refractivity contribution is -0.134. The van der Waals surface area contributed by atoms with Gasteiger partial charge in [-0.1, -0.05) is 0 Å². The summed E-state index contributed by atoms with van der Waals surface area (Å²) in [5, 5.41) is 0. The van der Waals surface area contributed by atoms with Gasteiger partial charge >= 0.3 is 0 Å². The van der Waals surface area contributed by atoms with Crippen LogP contribution in [0, 0.1) is 11.8 Å². The zero-order chi connectivity index (χ0) is 15.7. The number of rotatable bonds is 4. The third-order valence-corrected chi connectivity index (χ3v) is 5.25. The van der Waals surface area contributed by atoms with Crippen LogP contribution in [0.4, 0.5) is 0 Å². The molecule has 2 aliphatic rings. The average Bonchev–Trinajstić information content (AvgIpc) is 2.91. The van der Waals surface area contributed by atoms with Gasteiger partial charge in [0, 0.05) is 38.8 Å². The van der Waals surface area contributed by atoms with Gasteiger partial charge in [0.2, 0.25) is 5.91 Å². The van der Waals surface area contributed by atoms with Crippen LogP contribution in [0.15, 0.2) is 18.5 Å². The van der Waals surface area contributed by atoms with Crippen molar-refractivity contribution in [2.45, 2.75) is 31.8 Å². The van der Waals surface area contributed by atoms with E-state index in [4.69, 9.17) is 4.74 Å². The van der Waals surface area contributed by atoms with E-state index >= 15 is 0 Å². The van der Waals surface area contributed by atoms with E-state index in [0.29, 0.717) is 23.8 Å². The van der Waals surface area contributed by atoms with Gasteiger partial charge in [-0.05, 0) is 43.4 Å². The van der Waals surface area contributed by atoms with Crippen LogP contribution in [0.5, 0.6) is 5.75 Å². The van der Waals surface area contributed by atoms with Gasteiger partial charge in [-0.25, -0.2) is 0 Å². The molecule has 0 spiro atoms. The fraction of sp³-hybridized carbons (Fsp3) is 0.647. The Kier molecular flexibility index (Phi) is 4.34. The average molecular weight is 303 g/mol. The second kappa shape index (κ2) is 6.24. The predicted octanol–water partition coefficient (Wildman–Crippen LogP) is 1.78. The Morgan fingerprint density at radius 1 is 1.36 bits per heavy atom. The minimum atomic E-state index is 0.307. The Morgan fingerprint density at radius 2 is 2.14 bits per heavy atom. The van der Waals surface area contributed by atoms with Gasteiger partial charge in [-0.2, -0.15) is 0 Å². The minimum absolute atomic E-state index is 0.307. The lowest BCUT2D eigenvalue weighted by atomic mass is 9.88. The first-order valence-corrected chi connectivity index (χ1v) is 7.99. The molecule has 0 N–H and O–H groups in total. The molecular formula is C17H25N3O2. The summed E-state index contributed by atoms with van der Waals surface area (Å²) in [6.07, 6.45) is 6.69. The first-order valence-electron chi connectivity index (χ1n) is 7.99. The zero-order valence-electron chi connectivity index (χ0n) is 13.7. The summed E-state index contributed by atoms with van der Waals surface area (Å²) in [6.45, 7) is 1.80. The lowest BCUT2D eigenvalue weighted by Crippen LogP contribution is -2.39. The number of hydrogen-bond donors (Lipinski definition) is 0. The Balaban J connectivity index is 1.61. The maximum absolute atomic E-state index is 11.9. The number of piperidine rings is 1. The third kappa shape index (κ3) is 3.09. The predicted molar refractivity (Wildman–Crippen MR) is 84.5 cm³/mol. The number of hydrogen-bond acceptors (Lipinski definition) is 4. The quantitative estimate of drug-likeness (QED) is 0.850. The minimum Gasteiger partial charge on any atom is -0.495 e. The molecular weight excluding hydrogens is 278 g/mol. The Labute approximate surface area is 132 Å². The highest BCUT2D eigenvalue weighted by atomic mass is 16.5. The second-order valence-corrected chi connectivity index (χ2v) is 6.77. The number of carbonyl (C=O) groups is 1. The molecule has 1 saturated carbocycles. The molecule has 1 saturated heterocycles. The largest absolute Gasteiger partial charge is 0.495 e. The highest BCUT2D eigenvalue weighted by Gasteiger charge is 2.41. The molecule has 3 rings (SSSR count). The van der Waals surface area contributed by atoms with Crippen LogP contribution in [0.25, 0.3) is 0 Å². The van der Waals surface area contributed by atoms with Crippen molar-refractivity contribution in [3.05, 3.63) is 24.0 Å². The van der Waals surface area contributed by atoms with Crippen LogP contribution in [0.1, 0.15) is 24.8 Å². The Bertz CT molecular complexity index is 548. The van der Waals surface area contributed by atoms with Crippen molar-refractivity contribution in [3.8, 4) is 5.75 Å². The number of methoxy groups -OCH3 is 1. The molecule has 0 radical (unpaired) electrons. The first-order chi connectivity index (χ1) is 10.6. The highest BCUT2D eigenvalue weighted by molar-refractivity contribution is 5.77. The number of likely N-dealkylation sites (tertiary alicyclic amines) is 1. The summed E-state index contributed by atoms with van der Waals surface area (Å²) in [5.41, 5.74) is 1.17. The summed E-state index contributed by atoms with van der Waals surface area (Å²) >= 11 is 0. The van der Waals surface area contributed by atoms with Gasteiger partial charge in [0.1, 0.15) is 5.75 Å². The summed E-state index contributed by atoms with van der Waals surface area (Å²) in [6, 6.07) is 2.60. The molecule has 1 aromatic rings. The van der Waals surface area contributed by atoms with E-state index < -0.39 is 0 Å². The van der Waals surface area contributed by atoms with E-state index in [0.717, 1.165) is 31.7 Å². The summed E-state index contributed by atoms with van der Waals surface area (Å²) in [4.78, 5) is 20.4. The van der Waals surface area contributed by atoms with E-state index in [9.17, 15) is 4.79 Å². The number of carbonyl (C=O) groups excluding carboxylic acids is 1. The molecule has 1 amide bonds. The molecule has 0 aromatic carbocycles. The van der Waals surface area contributed by atoms with Crippen molar-refractivity contribution in [1.29, 1.82) is 0 Å². The van der Waals surface area contributed by atoms with E-state index in [2.05, 4.69) is 16.9 Å². The number of amides is 1. The number of pyridine rings is 1. The molecule has 5 nitrogen and oxygen atoms in total. The Hall–Kier alpha value is -1.62. The number of aromatic nitrogens is 1. The zero-order valence-corrected chi connectivity index (χ0v) is 13.7. The molecule has 2 fully saturated rings. The monoisotopic (exact) mass is 303 g/mol. The summed E-state index contributed by atoms with van der Waals surface area (Å²) in [5.74, 6) is 2.35. The topological polar surface area (TPSA) is 45.7 Å². The van der Waals surface area contributed by atoms with Crippen LogP contribution < -0.4 is 4.74 Å². The van der Waals surface area contributed by atoms with Crippen molar-refractivity contribution >= 4 is 5.91 Å². The highest BCUT2D eigenvalue weighted by Crippen LogP contribution is 2.40. The van der Waals surface area contributed by atoms with Gasteiger partial charge in [0.25, 0.3) is 0 Å². The summed E-state index contributed by atoms with van der Waals surface area (Å²) < 4.78 is 5.24. The van der Waals surface area contributed by atoms with E-state index in [-0.39, 0.29) is 0 Å². The van der Waals surface area contributed by atoms with Crippen LogP contribution >= 0.6 is 0 Å². The SMILES string of the molecule is COc1cncc(CN(C)[C@H]2C[C@H]3CC(=O)N(C)C[C@H]3C2)c1. The van der Waals surface area contributed by atoms with Gasteiger partial charge in [0.05, 0.1) is 13.3 Å². The normalized spacial score (nSPS) is 28.1. The second-order valence-electron chi connectivity index (χ2n) is 6.77. The lowest BCUT2D eigenvalue weighted by Gasteiger charge is -2.31. The molecule has 120 valence electrons. The van der Waals surface area contributed by atoms with Gasteiger partial charge in [-0.3, -0.25) is 14.7 Å². The molecule has 1 aliphatic carbocycles. The smallest absolute Gasteiger partial charge is 0.222 e.